The molecule has 1 fully saturated rings. The second-order valence-corrected chi connectivity index (χ2v) is 3.65. The predicted molar refractivity (Wildman–Crippen MR) is 53.5 cm³/mol. The molecule has 0 aromatic carbocycles. The third-order valence-corrected chi connectivity index (χ3v) is 2.56. The molecule has 1 saturated heterocycles. The minimum absolute atomic E-state index is 0.0614. The van der Waals surface area contributed by atoms with Crippen molar-refractivity contribution in [2.45, 2.75) is 25.4 Å². The molecule has 0 unspecified atom stereocenters. The van der Waals surface area contributed by atoms with E-state index in [1.54, 1.807) is 21.3 Å². The molecule has 0 amide bonds. The Kier molecular flexibility index (Phi) is 5.49. The summed E-state index contributed by atoms with van der Waals surface area (Å²) < 4.78 is 26.5. The third kappa shape index (κ3) is 3.12. The fourth-order valence-corrected chi connectivity index (χ4v) is 1.77. The van der Waals surface area contributed by atoms with Gasteiger partial charge in [-0.3, -0.25) is 0 Å². The van der Waals surface area contributed by atoms with Gasteiger partial charge in [-0.1, -0.05) is 6.92 Å². The lowest BCUT2D eigenvalue weighted by Crippen LogP contribution is -2.52. The first-order valence-corrected chi connectivity index (χ1v) is 5.02. The van der Waals surface area contributed by atoms with Gasteiger partial charge in [0, 0.05) is 27.2 Å². The van der Waals surface area contributed by atoms with Crippen LogP contribution in [0.1, 0.15) is 6.92 Å². The van der Waals surface area contributed by atoms with Crippen molar-refractivity contribution in [2.24, 2.45) is 5.92 Å². The molecule has 0 radical (unpaired) electrons. The largest absolute Gasteiger partial charge is 0.373 e. The molecule has 4 atom stereocenters. The minimum Gasteiger partial charge on any atom is -0.373 e. The molecule has 5 nitrogen and oxygen atoms in total. The molecule has 0 N–H and O–H groups in total. The number of hydrogen-bond donors (Lipinski definition) is 0. The van der Waals surface area contributed by atoms with Crippen molar-refractivity contribution in [2.75, 3.05) is 34.7 Å². The summed E-state index contributed by atoms with van der Waals surface area (Å²) >= 11 is 0. The molecule has 1 aliphatic rings. The molecule has 0 aromatic rings. The van der Waals surface area contributed by atoms with Gasteiger partial charge in [0.05, 0.1) is 12.7 Å². The SMILES string of the molecule is COCO[C@@H]1[C@@H](OC)[C@@H](OC)OC[C@H]1C. The van der Waals surface area contributed by atoms with Crippen LogP contribution in [0.25, 0.3) is 0 Å². The van der Waals surface area contributed by atoms with Gasteiger partial charge in [0.25, 0.3) is 0 Å². The molecule has 0 saturated carbocycles. The Hall–Kier alpha value is -0.200. The second-order valence-electron chi connectivity index (χ2n) is 3.65. The lowest BCUT2D eigenvalue weighted by atomic mass is 9.97. The molecule has 0 bridgehead atoms. The van der Waals surface area contributed by atoms with Crippen LogP contribution in [0.4, 0.5) is 0 Å². The molecule has 5 heteroatoms. The van der Waals surface area contributed by atoms with Crippen LogP contribution in [0.3, 0.4) is 0 Å². The van der Waals surface area contributed by atoms with E-state index in [9.17, 15) is 0 Å². The van der Waals surface area contributed by atoms with Gasteiger partial charge in [0.2, 0.25) is 0 Å². The zero-order valence-electron chi connectivity index (χ0n) is 9.76. The van der Waals surface area contributed by atoms with Crippen LogP contribution in [-0.2, 0) is 23.7 Å². The summed E-state index contributed by atoms with van der Waals surface area (Å²) in [7, 11) is 4.82. The van der Waals surface area contributed by atoms with Crippen LogP contribution >= 0.6 is 0 Å². The summed E-state index contributed by atoms with van der Waals surface area (Å²) in [6.07, 6.45) is -0.643. The van der Waals surface area contributed by atoms with Gasteiger partial charge >= 0.3 is 0 Å². The first kappa shape index (κ1) is 12.9. The van der Waals surface area contributed by atoms with E-state index in [4.69, 9.17) is 23.7 Å². The van der Waals surface area contributed by atoms with Crippen LogP contribution in [0, 0.1) is 5.92 Å². The van der Waals surface area contributed by atoms with Gasteiger partial charge in [-0.2, -0.15) is 0 Å². The molecule has 15 heavy (non-hydrogen) atoms. The zero-order chi connectivity index (χ0) is 11.3. The Bertz CT molecular complexity index is 175. The highest BCUT2D eigenvalue weighted by atomic mass is 16.7. The monoisotopic (exact) mass is 220 g/mol. The average molecular weight is 220 g/mol. The van der Waals surface area contributed by atoms with E-state index >= 15 is 0 Å². The molecular formula is C10H20O5. The standard InChI is InChI=1S/C10H20O5/c1-7-5-14-10(13-4)9(12-3)8(7)15-6-11-2/h7-10H,5-6H2,1-4H3/t7-,8+,9-,10+/m1/s1. The Morgan fingerprint density at radius 1 is 1.13 bits per heavy atom. The van der Waals surface area contributed by atoms with E-state index in [0.29, 0.717) is 6.61 Å². The summed E-state index contributed by atoms with van der Waals surface area (Å²) in [6, 6.07) is 0. The van der Waals surface area contributed by atoms with E-state index < -0.39 is 0 Å². The average Bonchev–Trinajstić information content (AvgIpc) is 2.27. The highest BCUT2D eigenvalue weighted by molar-refractivity contribution is 4.83. The second kappa shape index (κ2) is 6.40. The van der Waals surface area contributed by atoms with Crippen molar-refractivity contribution >= 4 is 0 Å². The zero-order valence-corrected chi connectivity index (χ0v) is 9.76. The molecule has 0 spiro atoms. The number of hydrogen-bond acceptors (Lipinski definition) is 5. The van der Waals surface area contributed by atoms with Crippen LogP contribution in [-0.4, -0.2) is 53.2 Å². The summed E-state index contributed by atoms with van der Waals surface area (Å²) in [5, 5.41) is 0. The van der Waals surface area contributed by atoms with Gasteiger partial charge in [-0.25, -0.2) is 0 Å². The number of ether oxygens (including phenoxy) is 5. The summed E-state index contributed by atoms with van der Waals surface area (Å²) in [5.74, 6) is 0.261. The maximum atomic E-state index is 5.57. The minimum atomic E-state index is -0.368. The van der Waals surface area contributed by atoms with Crippen LogP contribution < -0.4 is 0 Å². The number of rotatable bonds is 5. The van der Waals surface area contributed by atoms with Gasteiger partial charge in [-0.15, -0.1) is 0 Å². The predicted octanol–water partition coefficient (Wildman–Crippen LogP) is 0.629. The van der Waals surface area contributed by atoms with Crippen molar-refractivity contribution in [3.8, 4) is 0 Å². The van der Waals surface area contributed by atoms with E-state index in [1.165, 1.54) is 0 Å². The first-order valence-electron chi connectivity index (χ1n) is 5.02. The Labute approximate surface area is 90.6 Å². The summed E-state index contributed by atoms with van der Waals surface area (Å²) in [5.41, 5.74) is 0. The van der Waals surface area contributed by atoms with Gasteiger partial charge in [0.1, 0.15) is 12.9 Å². The highest BCUT2D eigenvalue weighted by Gasteiger charge is 2.39. The highest BCUT2D eigenvalue weighted by Crippen LogP contribution is 2.25. The van der Waals surface area contributed by atoms with Crippen LogP contribution in [0.5, 0.6) is 0 Å². The van der Waals surface area contributed by atoms with Crippen molar-refractivity contribution in [3.63, 3.8) is 0 Å². The van der Waals surface area contributed by atoms with Crippen molar-refractivity contribution in [1.82, 2.24) is 0 Å². The van der Waals surface area contributed by atoms with Gasteiger partial charge < -0.3 is 23.7 Å². The quantitative estimate of drug-likeness (QED) is 0.636. The van der Waals surface area contributed by atoms with E-state index in [-0.39, 0.29) is 31.2 Å². The molecule has 1 rings (SSSR count). The van der Waals surface area contributed by atoms with E-state index in [0.717, 1.165) is 0 Å². The fraction of sp³-hybridized carbons (Fsp3) is 1.00. The molecular weight excluding hydrogens is 200 g/mol. The van der Waals surface area contributed by atoms with Crippen molar-refractivity contribution in [3.05, 3.63) is 0 Å². The Morgan fingerprint density at radius 2 is 1.87 bits per heavy atom. The smallest absolute Gasteiger partial charge is 0.185 e. The van der Waals surface area contributed by atoms with Crippen LogP contribution in [0.2, 0.25) is 0 Å². The van der Waals surface area contributed by atoms with Gasteiger partial charge in [-0.05, 0) is 0 Å². The molecule has 1 heterocycles. The third-order valence-electron chi connectivity index (χ3n) is 2.56. The molecule has 0 aromatic heterocycles. The van der Waals surface area contributed by atoms with Gasteiger partial charge in [0.15, 0.2) is 6.29 Å². The Morgan fingerprint density at radius 3 is 2.40 bits per heavy atom. The molecule has 90 valence electrons. The lowest BCUT2D eigenvalue weighted by molar-refractivity contribution is -0.273. The lowest BCUT2D eigenvalue weighted by Gasteiger charge is -2.39. The van der Waals surface area contributed by atoms with E-state index in [1.807, 2.05) is 0 Å². The maximum absolute atomic E-state index is 5.57. The Balaban J connectivity index is 2.59. The van der Waals surface area contributed by atoms with Crippen molar-refractivity contribution in [1.29, 1.82) is 0 Å². The van der Waals surface area contributed by atoms with E-state index in [2.05, 4.69) is 6.92 Å². The maximum Gasteiger partial charge on any atom is 0.185 e. The topological polar surface area (TPSA) is 46.2 Å². The first-order chi connectivity index (χ1) is 7.24. The summed E-state index contributed by atoms with van der Waals surface area (Å²) in [4.78, 5) is 0. The summed E-state index contributed by atoms with van der Waals surface area (Å²) in [6.45, 7) is 2.91. The molecule has 1 aliphatic heterocycles. The number of methoxy groups -OCH3 is 3. The fourth-order valence-electron chi connectivity index (χ4n) is 1.77. The van der Waals surface area contributed by atoms with Crippen LogP contribution in [0.15, 0.2) is 0 Å². The normalized spacial score (nSPS) is 36.8. The molecule has 0 aliphatic carbocycles. The van der Waals surface area contributed by atoms with Crippen molar-refractivity contribution < 1.29 is 23.7 Å².